The molecule has 18 heavy (non-hydrogen) atoms. The minimum Gasteiger partial charge on any atom is -0.394 e. The van der Waals surface area contributed by atoms with Gasteiger partial charge in [-0.2, -0.15) is 5.10 Å². The zero-order valence-corrected chi connectivity index (χ0v) is 10.6. The van der Waals surface area contributed by atoms with E-state index < -0.39 is 6.04 Å². The van der Waals surface area contributed by atoms with Crippen molar-refractivity contribution in [3.8, 4) is 0 Å². The van der Waals surface area contributed by atoms with Gasteiger partial charge in [0.05, 0.1) is 18.8 Å². The average Bonchev–Trinajstić information content (AvgIpc) is 2.90. The monoisotopic (exact) mass is 254 g/mol. The minimum absolute atomic E-state index is 0.0332. The maximum absolute atomic E-state index is 12.3. The molecule has 3 unspecified atom stereocenters. The summed E-state index contributed by atoms with van der Waals surface area (Å²) in [4.78, 5) is 17.8. The third-order valence-electron chi connectivity index (χ3n) is 3.03. The third-order valence-corrected chi connectivity index (χ3v) is 3.03. The Morgan fingerprint density at radius 1 is 1.61 bits per heavy atom. The van der Waals surface area contributed by atoms with Crippen molar-refractivity contribution in [2.75, 3.05) is 19.7 Å². The molecule has 1 N–H and O–H groups in total. The zero-order chi connectivity index (χ0) is 13.1. The van der Waals surface area contributed by atoms with Gasteiger partial charge in [-0.25, -0.2) is 9.67 Å². The summed E-state index contributed by atoms with van der Waals surface area (Å²) in [5.74, 6) is -0.0332. The number of ether oxygens (including phenoxy) is 1. The number of carbonyl (C=O) groups excluding carboxylic acids is 1. The van der Waals surface area contributed by atoms with E-state index >= 15 is 0 Å². The number of aliphatic hydroxyl groups is 1. The molecule has 0 bridgehead atoms. The second-order valence-corrected chi connectivity index (χ2v) is 4.55. The number of morpholine rings is 1. The smallest absolute Gasteiger partial charge is 0.247 e. The number of aliphatic hydroxyl groups excluding tert-OH is 1. The predicted octanol–water partition coefficient (Wildman–Crippen LogP) is -0.553. The molecule has 1 amide bonds. The van der Waals surface area contributed by atoms with Crippen molar-refractivity contribution >= 4 is 5.91 Å². The number of hydrogen-bond acceptors (Lipinski definition) is 5. The largest absolute Gasteiger partial charge is 0.394 e. The molecule has 0 spiro atoms. The molecule has 7 heteroatoms. The summed E-state index contributed by atoms with van der Waals surface area (Å²) >= 11 is 0. The summed E-state index contributed by atoms with van der Waals surface area (Å²) in [5, 5.41) is 13.1. The van der Waals surface area contributed by atoms with Crippen LogP contribution in [0.1, 0.15) is 19.9 Å². The third kappa shape index (κ3) is 2.68. The predicted molar refractivity (Wildman–Crippen MR) is 62.7 cm³/mol. The lowest BCUT2D eigenvalue weighted by Crippen LogP contribution is -2.51. The first kappa shape index (κ1) is 13.0. The van der Waals surface area contributed by atoms with Crippen molar-refractivity contribution in [2.45, 2.75) is 32.1 Å². The van der Waals surface area contributed by atoms with Gasteiger partial charge in [-0.05, 0) is 13.8 Å². The Hall–Kier alpha value is -1.47. The fourth-order valence-corrected chi connectivity index (χ4v) is 2.12. The second kappa shape index (κ2) is 5.45. The summed E-state index contributed by atoms with van der Waals surface area (Å²) in [6.45, 7) is 4.55. The van der Waals surface area contributed by atoms with Crippen LogP contribution in [0.5, 0.6) is 0 Å². The number of carbonyl (C=O) groups is 1. The molecule has 2 heterocycles. The van der Waals surface area contributed by atoms with Crippen LogP contribution in [0.15, 0.2) is 12.7 Å². The normalized spacial score (nSPS) is 26.1. The molecule has 0 aliphatic carbocycles. The molecule has 1 aromatic rings. The Morgan fingerprint density at radius 2 is 2.39 bits per heavy atom. The number of aromatic nitrogens is 3. The van der Waals surface area contributed by atoms with Gasteiger partial charge in [0.2, 0.25) is 5.91 Å². The number of amides is 1. The van der Waals surface area contributed by atoms with Gasteiger partial charge in [0, 0.05) is 13.1 Å². The SMILES string of the molecule is CC1CN(C(=O)C(C)n2cncn2)CC(CO)O1. The van der Waals surface area contributed by atoms with E-state index in [9.17, 15) is 4.79 Å². The van der Waals surface area contributed by atoms with E-state index in [0.29, 0.717) is 13.1 Å². The van der Waals surface area contributed by atoms with Gasteiger partial charge in [0.25, 0.3) is 0 Å². The van der Waals surface area contributed by atoms with Crippen LogP contribution in [-0.4, -0.2) is 62.6 Å². The highest BCUT2D eigenvalue weighted by Crippen LogP contribution is 2.15. The van der Waals surface area contributed by atoms with E-state index in [0.717, 1.165) is 0 Å². The Balaban J connectivity index is 2.04. The molecule has 100 valence electrons. The summed E-state index contributed by atoms with van der Waals surface area (Å²) in [5.41, 5.74) is 0. The first-order chi connectivity index (χ1) is 8.61. The second-order valence-electron chi connectivity index (χ2n) is 4.55. The highest BCUT2D eigenvalue weighted by molar-refractivity contribution is 5.80. The van der Waals surface area contributed by atoms with Crippen molar-refractivity contribution in [2.24, 2.45) is 0 Å². The molecular weight excluding hydrogens is 236 g/mol. The van der Waals surface area contributed by atoms with Gasteiger partial charge >= 0.3 is 0 Å². The molecule has 0 aromatic carbocycles. The van der Waals surface area contributed by atoms with E-state index in [1.165, 1.54) is 17.3 Å². The van der Waals surface area contributed by atoms with Crippen molar-refractivity contribution in [1.82, 2.24) is 19.7 Å². The van der Waals surface area contributed by atoms with Crippen LogP contribution in [0, 0.1) is 0 Å². The molecule has 1 fully saturated rings. The topological polar surface area (TPSA) is 80.5 Å². The molecule has 2 rings (SSSR count). The van der Waals surface area contributed by atoms with Crippen LogP contribution in [0.25, 0.3) is 0 Å². The zero-order valence-electron chi connectivity index (χ0n) is 10.6. The summed E-state index contributed by atoms with van der Waals surface area (Å²) in [6, 6.07) is -0.392. The Labute approximate surface area is 105 Å². The fraction of sp³-hybridized carbons (Fsp3) is 0.727. The number of hydrogen-bond donors (Lipinski definition) is 1. The van der Waals surface area contributed by atoms with Gasteiger partial charge < -0.3 is 14.7 Å². The minimum atomic E-state index is -0.392. The Bertz CT molecular complexity index is 395. The van der Waals surface area contributed by atoms with E-state index in [2.05, 4.69) is 10.1 Å². The van der Waals surface area contributed by atoms with E-state index in [1.807, 2.05) is 6.92 Å². The van der Waals surface area contributed by atoms with E-state index in [4.69, 9.17) is 9.84 Å². The van der Waals surface area contributed by atoms with Crippen molar-refractivity contribution in [3.05, 3.63) is 12.7 Å². The van der Waals surface area contributed by atoms with Crippen LogP contribution in [0.4, 0.5) is 0 Å². The molecule has 1 aliphatic heterocycles. The molecule has 0 saturated carbocycles. The summed E-state index contributed by atoms with van der Waals surface area (Å²) in [6.07, 6.45) is 2.56. The van der Waals surface area contributed by atoms with Gasteiger partial charge in [-0.15, -0.1) is 0 Å². The standard InChI is InChI=1S/C11H18N4O3/c1-8-3-14(4-10(5-16)18-8)11(17)9(2)15-7-12-6-13-15/h6-10,16H,3-5H2,1-2H3. The van der Waals surface area contributed by atoms with Crippen LogP contribution in [0.2, 0.25) is 0 Å². The Kier molecular flexibility index (Phi) is 3.93. The van der Waals surface area contributed by atoms with Crippen LogP contribution < -0.4 is 0 Å². The number of nitrogens with zero attached hydrogens (tertiary/aromatic N) is 4. The molecule has 7 nitrogen and oxygen atoms in total. The maximum atomic E-state index is 12.3. The van der Waals surface area contributed by atoms with Crippen molar-refractivity contribution in [1.29, 1.82) is 0 Å². The molecule has 0 radical (unpaired) electrons. The van der Waals surface area contributed by atoms with Gasteiger partial charge in [0.1, 0.15) is 18.7 Å². The Morgan fingerprint density at radius 3 is 3.00 bits per heavy atom. The van der Waals surface area contributed by atoms with Crippen molar-refractivity contribution < 1.29 is 14.6 Å². The van der Waals surface area contributed by atoms with Gasteiger partial charge in [0.15, 0.2) is 0 Å². The average molecular weight is 254 g/mol. The van der Waals surface area contributed by atoms with Crippen LogP contribution >= 0.6 is 0 Å². The lowest BCUT2D eigenvalue weighted by atomic mass is 10.2. The van der Waals surface area contributed by atoms with Crippen molar-refractivity contribution in [3.63, 3.8) is 0 Å². The molecule has 3 atom stereocenters. The van der Waals surface area contributed by atoms with Crippen LogP contribution in [-0.2, 0) is 9.53 Å². The number of rotatable bonds is 3. The fourth-order valence-electron chi connectivity index (χ4n) is 2.12. The molecule has 1 aliphatic rings. The van der Waals surface area contributed by atoms with Crippen LogP contribution in [0.3, 0.4) is 0 Å². The quantitative estimate of drug-likeness (QED) is 0.782. The van der Waals surface area contributed by atoms with Gasteiger partial charge in [-0.1, -0.05) is 0 Å². The molecular formula is C11H18N4O3. The molecule has 1 saturated heterocycles. The molecule has 1 aromatic heterocycles. The summed E-state index contributed by atoms with van der Waals surface area (Å²) < 4.78 is 7.03. The first-order valence-electron chi connectivity index (χ1n) is 6.01. The lowest BCUT2D eigenvalue weighted by Gasteiger charge is -2.37. The lowest BCUT2D eigenvalue weighted by molar-refractivity contribution is -0.150. The maximum Gasteiger partial charge on any atom is 0.247 e. The van der Waals surface area contributed by atoms with Gasteiger partial charge in [-0.3, -0.25) is 4.79 Å². The summed E-state index contributed by atoms with van der Waals surface area (Å²) in [7, 11) is 0. The highest BCUT2D eigenvalue weighted by Gasteiger charge is 2.31. The first-order valence-corrected chi connectivity index (χ1v) is 6.01. The van der Waals surface area contributed by atoms with E-state index in [1.54, 1.807) is 11.8 Å². The highest BCUT2D eigenvalue weighted by atomic mass is 16.5. The van der Waals surface area contributed by atoms with E-state index in [-0.39, 0.29) is 24.7 Å².